The molecule has 1 aromatic heterocycles. The van der Waals surface area contributed by atoms with Gasteiger partial charge in [-0.2, -0.15) is 0 Å². The molecule has 0 unspecified atom stereocenters. The van der Waals surface area contributed by atoms with Gasteiger partial charge in [-0.05, 0) is 25.5 Å². The second-order valence-corrected chi connectivity index (χ2v) is 5.24. The first-order valence-electron chi connectivity index (χ1n) is 7.39. The number of hydrogen-bond acceptors (Lipinski definition) is 4. The molecule has 23 heavy (non-hydrogen) atoms. The van der Waals surface area contributed by atoms with Crippen LogP contribution in [0.5, 0.6) is 5.88 Å². The zero-order chi connectivity index (χ0) is 17.0. The Morgan fingerprint density at radius 1 is 1.26 bits per heavy atom. The summed E-state index contributed by atoms with van der Waals surface area (Å²) in [5.41, 5.74) is -0.854. The van der Waals surface area contributed by atoms with Gasteiger partial charge in [0.1, 0.15) is 0 Å². The SMILES string of the molecule is CCCCNC(=O)c1c(O)n(-c2ccc(C)cc2)c(=O)[nH]c1=O. The minimum Gasteiger partial charge on any atom is -0.493 e. The Morgan fingerprint density at radius 3 is 2.52 bits per heavy atom. The summed E-state index contributed by atoms with van der Waals surface area (Å²) in [6, 6.07) is 6.75. The van der Waals surface area contributed by atoms with Gasteiger partial charge in [0.25, 0.3) is 11.5 Å². The van der Waals surface area contributed by atoms with Crippen molar-refractivity contribution in [2.45, 2.75) is 26.7 Å². The van der Waals surface area contributed by atoms with Crippen molar-refractivity contribution < 1.29 is 9.90 Å². The molecule has 0 aliphatic heterocycles. The van der Waals surface area contributed by atoms with Crippen molar-refractivity contribution in [3.8, 4) is 11.6 Å². The highest BCUT2D eigenvalue weighted by Crippen LogP contribution is 2.16. The molecule has 0 aliphatic rings. The number of amides is 1. The molecule has 1 amide bonds. The van der Waals surface area contributed by atoms with E-state index in [4.69, 9.17) is 0 Å². The van der Waals surface area contributed by atoms with Crippen molar-refractivity contribution in [3.05, 3.63) is 56.2 Å². The molecule has 2 rings (SSSR count). The number of aromatic hydroxyl groups is 1. The summed E-state index contributed by atoms with van der Waals surface area (Å²) in [5.74, 6) is -1.38. The Bertz CT molecular complexity index is 819. The smallest absolute Gasteiger partial charge is 0.335 e. The molecular weight excluding hydrogens is 298 g/mol. The van der Waals surface area contributed by atoms with E-state index in [-0.39, 0.29) is 0 Å². The summed E-state index contributed by atoms with van der Waals surface area (Å²) >= 11 is 0. The van der Waals surface area contributed by atoms with E-state index in [1.165, 1.54) is 0 Å². The molecule has 122 valence electrons. The van der Waals surface area contributed by atoms with Gasteiger partial charge < -0.3 is 10.4 Å². The molecule has 1 heterocycles. The van der Waals surface area contributed by atoms with Crippen molar-refractivity contribution in [2.24, 2.45) is 0 Å². The van der Waals surface area contributed by atoms with E-state index in [1.807, 2.05) is 13.8 Å². The van der Waals surface area contributed by atoms with Gasteiger partial charge >= 0.3 is 5.69 Å². The number of nitrogens with one attached hydrogen (secondary N) is 2. The van der Waals surface area contributed by atoms with Crippen molar-refractivity contribution in [1.82, 2.24) is 14.9 Å². The number of aromatic amines is 1. The van der Waals surface area contributed by atoms with E-state index in [0.717, 1.165) is 23.0 Å². The van der Waals surface area contributed by atoms with Gasteiger partial charge in [-0.1, -0.05) is 31.0 Å². The summed E-state index contributed by atoms with van der Waals surface area (Å²) in [7, 11) is 0. The lowest BCUT2D eigenvalue weighted by atomic mass is 10.2. The van der Waals surface area contributed by atoms with E-state index in [9.17, 15) is 19.5 Å². The summed E-state index contributed by atoms with van der Waals surface area (Å²) in [6.45, 7) is 4.23. The third-order valence-electron chi connectivity index (χ3n) is 3.42. The molecule has 3 N–H and O–H groups in total. The Morgan fingerprint density at radius 2 is 1.91 bits per heavy atom. The number of unbranched alkanes of at least 4 members (excludes halogenated alkanes) is 1. The number of H-pyrrole nitrogens is 1. The van der Waals surface area contributed by atoms with Gasteiger partial charge in [0, 0.05) is 6.54 Å². The molecule has 1 aromatic carbocycles. The van der Waals surface area contributed by atoms with Crippen LogP contribution in [0.25, 0.3) is 5.69 Å². The fraction of sp³-hybridized carbons (Fsp3) is 0.312. The Balaban J connectivity index is 2.51. The van der Waals surface area contributed by atoms with Crippen molar-refractivity contribution in [1.29, 1.82) is 0 Å². The fourth-order valence-corrected chi connectivity index (χ4v) is 2.13. The Hall–Kier alpha value is -2.83. The zero-order valence-electron chi connectivity index (χ0n) is 13.0. The molecular formula is C16H19N3O4. The molecule has 0 spiro atoms. The average Bonchev–Trinajstić information content (AvgIpc) is 2.49. The zero-order valence-corrected chi connectivity index (χ0v) is 13.0. The topological polar surface area (TPSA) is 104 Å². The maximum absolute atomic E-state index is 12.1. The second-order valence-electron chi connectivity index (χ2n) is 5.24. The number of rotatable bonds is 5. The molecule has 0 saturated carbocycles. The lowest BCUT2D eigenvalue weighted by molar-refractivity contribution is 0.0947. The van der Waals surface area contributed by atoms with Crippen LogP contribution in [0.1, 0.15) is 35.7 Å². The van der Waals surface area contributed by atoms with Gasteiger partial charge in [0.15, 0.2) is 5.56 Å². The van der Waals surface area contributed by atoms with Crippen molar-refractivity contribution >= 4 is 5.91 Å². The molecule has 0 aliphatic carbocycles. The van der Waals surface area contributed by atoms with E-state index in [2.05, 4.69) is 10.3 Å². The number of hydrogen-bond donors (Lipinski definition) is 3. The third kappa shape index (κ3) is 3.50. The summed E-state index contributed by atoms with van der Waals surface area (Å²) in [4.78, 5) is 38.0. The monoisotopic (exact) mass is 317 g/mol. The predicted molar refractivity (Wildman–Crippen MR) is 86.3 cm³/mol. The van der Waals surface area contributed by atoms with Crippen LogP contribution in [0.2, 0.25) is 0 Å². The van der Waals surface area contributed by atoms with Crippen LogP contribution in [-0.2, 0) is 0 Å². The summed E-state index contributed by atoms with van der Waals surface area (Å²) < 4.78 is 0.898. The van der Waals surface area contributed by atoms with E-state index in [1.54, 1.807) is 24.3 Å². The number of carbonyl (C=O) groups is 1. The first-order chi connectivity index (χ1) is 11.0. The molecule has 0 fully saturated rings. The van der Waals surface area contributed by atoms with E-state index in [0.29, 0.717) is 12.2 Å². The fourth-order valence-electron chi connectivity index (χ4n) is 2.13. The van der Waals surface area contributed by atoms with Crippen LogP contribution in [-0.4, -0.2) is 27.1 Å². The third-order valence-corrected chi connectivity index (χ3v) is 3.42. The molecule has 7 nitrogen and oxygen atoms in total. The predicted octanol–water partition coefficient (Wildman–Crippen LogP) is 1.07. The average molecular weight is 317 g/mol. The molecule has 0 saturated heterocycles. The maximum Gasteiger partial charge on any atom is 0.335 e. The maximum atomic E-state index is 12.1. The Kier molecular flexibility index (Phi) is 5.00. The normalized spacial score (nSPS) is 10.5. The van der Waals surface area contributed by atoms with Crippen LogP contribution in [0.15, 0.2) is 33.9 Å². The highest BCUT2D eigenvalue weighted by molar-refractivity contribution is 5.96. The van der Waals surface area contributed by atoms with Gasteiger partial charge in [-0.3, -0.25) is 14.6 Å². The van der Waals surface area contributed by atoms with Gasteiger partial charge in [-0.25, -0.2) is 9.36 Å². The summed E-state index contributed by atoms with van der Waals surface area (Å²) in [6.07, 6.45) is 1.63. The van der Waals surface area contributed by atoms with Crippen LogP contribution in [0.4, 0.5) is 0 Å². The first kappa shape index (κ1) is 16.5. The van der Waals surface area contributed by atoms with Gasteiger partial charge in [-0.15, -0.1) is 0 Å². The minimum atomic E-state index is -0.912. The molecule has 0 atom stereocenters. The van der Waals surface area contributed by atoms with Gasteiger partial charge in [0.2, 0.25) is 5.88 Å². The number of aryl methyl sites for hydroxylation is 1. The van der Waals surface area contributed by atoms with Crippen LogP contribution in [0.3, 0.4) is 0 Å². The highest BCUT2D eigenvalue weighted by Gasteiger charge is 2.21. The number of nitrogens with zero attached hydrogens (tertiary/aromatic N) is 1. The number of benzene rings is 1. The molecule has 0 radical (unpaired) electrons. The quantitative estimate of drug-likeness (QED) is 0.717. The lowest BCUT2D eigenvalue weighted by Crippen LogP contribution is -2.37. The highest BCUT2D eigenvalue weighted by atomic mass is 16.3. The lowest BCUT2D eigenvalue weighted by Gasteiger charge is -2.11. The van der Waals surface area contributed by atoms with Crippen LogP contribution >= 0.6 is 0 Å². The summed E-state index contributed by atoms with van der Waals surface area (Å²) in [5, 5.41) is 12.8. The van der Waals surface area contributed by atoms with Crippen molar-refractivity contribution in [2.75, 3.05) is 6.54 Å². The molecule has 2 aromatic rings. The molecule has 7 heteroatoms. The second kappa shape index (κ2) is 6.95. The van der Waals surface area contributed by atoms with Crippen LogP contribution < -0.4 is 16.6 Å². The van der Waals surface area contributed by atoms with Gasteiger partial charge in [0.05, 0.1) is 5.69 Å². The number of carbonyl (C=O) groups excluding carboxylic acids is 1. The van der Waals surface area contributed by atoms with Crippen LogP contribution in [0, 0.1) is 6.92 Å². The first-order valence-corrected chi connectivity index (χ1v) is 7.39. The largest absolute Gasteiger partial charge is 0.493 e. The standard InChI is InChI=1S/C16H19N3O4/c1-3-4-9-17-13(20)12-14(21)18-16(23)19(15(12)22)11-7-5-10(2)6-8-11/h5-8,22H,3-4,9H2,1-2H3,(H,17,20)(H,18,21,23). The number of aromatic nitrogens is 2. The molecule has 0 bridgehead atoms. The van der Waals surface area contributed by atoms with Crippen molar-refractivity contribution in [3.63, 3.8) is 0 Å². The minimum absolute atomic E-state index is 0.358. The van der Waals surface area contributed by atoms with E-state index < -0.39 is 28.6 Å². The van der Waals surface area contributed by atoms with E-state index >= 15 is 0 Å². The Labute approximate surface area is 132 Å².